The van der Waals surface area contributed by atoms with Crippen LogP contribution in [0.3, 0.4) is 0 Å². The highest BCUT2D eigenvalue weighted by molar-refractivity contribution is 8.00. The van der Waals surface area contributed by atoms with Crippen molar-refractivity contribution >= 4 is 34.9 Å². The molecule has 0 spiro atoms. The summed E-state index contributed by atoms with van der Waals surface area (Å²) >= 11 is 7.53. The smallest absolute Gasteiger partial charge is 0.224 e. The third-order valence-corrected chi connectivity index (χ3v) is 3.65. The predicted octanol–water partition coefficient (Wildman–Crippen LogP) is 4.25. The molecule has 0 saturated heterocycles. The van der Waals surface area contributed by atoms with Crippen LogP contribution in [0.2, 0.25) is 5.28 Å². The molecule has 102 valence electrons. The SMILES string of the molecule is CC(C)Sc1ccccc1Nc1nc(Cl)ncc1C#N. The van der Waals surface area contributed by atoms with Gasteiger partial charge < -0.3 is 5.32 Å². The number of para-hydroxylation sites is 1. The Bertz CT molecular complexity index is 652. The third kappa shape index (κ3) is 3.62. The molecule has 0 fully saturated rings. The van der Waals surface area contributed by atoms with E-state index in [0.29, 0.717) is 16.6 Å². The lowest BCUT2D eigenvalue weighted by Gasteiger charge is -2.13. The number of rotatable bonds is 4. The van der Waals surface area contributed by atoms with Crippen molar-refractivity contribution in [1.82, 2.24) is 9.97 Å². The minimum atomic E-state index is 0.112. The summed E-state index contributed by atoms with van der Waals surface area (Å²) in [5.74, 6) is 0.421. The Labute approximate surface area is 127 Å². The van der Waals surface area contributed by atoms with E-state index in [2.05, 4.69) is 35.2 Å². The van der Waals surface area contributed by atoms with Gasteiger partial charge in [0.25, 0.3) is 0 Å². The molecule has 1 N–H and O–H groups in total. The van der Waals surface area contributed by atoms with Gasteiger partial charge in [0.15, 0.2) is 5.82 Å². The molecule has 0 bridgehead atoms. The van der Waals surface area contributed by atoms with Crippen LogP contribution < -0.4 is 5.32 Å². The zero-order valence-corrected chi connectivity index (χ0v) is 12.7. The third-order valence-electron chi connectivity index (χ3n) is 2.38. The highest BCUT2D eigenvalue weighted by Gasteiger charge is 2.10. The molecule has 0 aliphatic carbocycles. The maximum absolute atomic E-state index is 9.08. The second-order valence-electron chi connectivity index (χ2n) is 4.30. The molecule has 2 aromatic rings. The first-order valence-corrected chi connectivity index (χ1v) is 7.31. The van der Waals surface area contributed by atoms with Crippen molar-refractivity contribution in [1.29, 1.82) is 5.26 Å². The fraction of sp³-hybridized carbons (Fsp3) is 0.214. The molecule has 0 radical (unpaired) electrons. The van der Waals surface area contributed by atoms with Gasteiger partial charge >= 0.3 is 0 Å². The molecule has 1 aromatic heterocycles. The monoisotopic (exact) mass is 304 g/mol. The summed E-state index contributed by atoms with van der Waals surface area (Å²) in [5, 5.41) is 12.8. The highest BCUT2D eigenvalue weighted by Crippen LogP contribution is 2.32. The van der Waals surface area contributed by atoms with E-state index >= 15 is 0 Å². The van der Waals surface area contributed by atoms with Crippen molar-refractivity contribution < 1.29 is 0 Å². The van der Waals surface area contributed by atoms with Crippen molar-refractivity contribution in [3.63, 3.8) is 0 Å². The summed E-state index contributed by atoms with van der Waals surface area (Å²) in [7, 11) is 0. The van der Waals surface area contributed by atoms with E-state index in [-0.39, 0.29) is 5.28 Å². The average Bonchev–Trinajstić information content (AvgIpc) is 2.41. The minimum Gasteiger partial charge on any atom is -0.338 e. The Morgan fingerprint density at radius 3 is 2.80 bits per heavy atom. The molecule has 0 aliphatic rings. The Morgan fingerprint density at radius 2 is 2.10 bits per heavy atom. The number of nitrogens with one attached hydrogen (secondary N) is 1. The van der Waals surface area contributed by atoms with E-state index < -0.39 is 0 Å². The molecule has 0 unspecified atom stereocenters. The van der Waals surface area contributed by atoms with Gasteiger partial charge in [-0.05, 0) is 23.7 Å². The number of nitrogens with zero attached hydrogens (tertiary/aromatic N) is 3. The van der Waals surface area contributed by atoms with Gasteiger partial charge in [0, 0.05) is 10.1 Å². The molecule has 0 aliphatic heterocycles. The Hall–Kier alpha value is -1.77. The highest BCUT2D eigenvalue weighted by atomic mass is 35.5. The van der Waals surface area contributed by atoms with Crippen molar-refractivity contribution in [2.24, 2.45) is 0 Å². The maximum atomic E-state index is 9.08. The minimum absolute atomic E-state index is 0.112. The van der Waals surface area contributed by atoms with Crippen LogP contribution in [-0.4, -0.2) is 15.2 Å². The summed E-state index contributed by atoms with van der Waals surface area (Å²) in [6, 6.07) is 9.94. The second-order valence-corrected chi connectivity index (χ2v) is 6.26. The van der Waals surface area contributed by atoms with Gasteiger partial charge in [-0.25, -0.2) is 4.98 Å². The molecule has 6 heteroatoms. The molecule has 4 nitrogen and oxygen atoms in total. The topological polar surface area (TPSA) is 61.6 Å². The Morgan fingerprint density at radius 1 is 1.35 bits per heavy atom. The predicted molar refractivity (Wildman–Crippen MR) is 82.5 cm³/mol. The number of anilines is 2. The van der Waals surface area contributed by atoms with Crippen LogP contribution in [0.25, 0.3) is 0 Å². The fourth-order valence-electron chi connectivity index (χ4n) is 1.59. The van der Waals surface area contributed by atoms with Crippen LogP contribution in [-0.2, 0) is 0 Å². The van der Waals surface area contributed by atoms with Crippen molar-refractivity contribution in [2.45, 2.75) is 24.0 Å². The zero-order chi connectivity index (χ0) is 14.5. The van der Waals surface area contributed by atoms with Gasteiger partial charge in [-0.1, -0.05) is 26.0 Å². The molecule has 0 saturated carbocycles. The van der Waals surface area contributed by atoms with Crippen LogP contribution in [0.4, 0.5) is 11.5 Å². The van der Waals surface area contributed by atoms with Crippen LogP contribution in [0.15, 0.2) is 35.4 Å². The molecular weight excluding hydrogens is 292 g/mol. The van der Waals surface area contributed by atoms with E-state index in [1.165, 1.54) is 6.20 Å². The molecule has 0 amide bonds. The maximum Gasteiger partial charge on any atom is 0.224 e. The van der Waals surface area contributed by atoms with Crippen LogP contribution >= 0.6 is 23.4 Å². The van der Waals surface area contributed by atoms with E-state index in [0.717, 1.165) is 10.6 Å². The zero-order valence-electron chi connectivity index (χ0n) is 11.1. The summed E-state index contributed by atoms with van der Waals surface area (Å²) in [6.45, 7) is 4.26. The van der Waals surface area contributed by atoms with E-state index in [9.17, 15) is 0 Å². The first kappa shape index (κ1) is 14.6. The molecule has 20 heavy (non-hydrogen) atoms. The Balaban J connectivity index is 2.35. The molecule has 0 atom stereocenters. The summed E-state index contributed by atoms with van der Waals surface area (Å²) in [6.07, 6.45) is 1.41. The normalized spacial score (nSPS) is 10.3. The second kappa shape index (κ2) is 6.60. The first-order chi connectivity index (χ1) is 9.60. The van der Waals surface area contributed by atoms with Gasteiger partial charge in [-0.15, -0.1) is 11.8 Å². The number of hydrogen-bond donors (Lipinski definition) is 1. The number of aromatic nitrogens is 2. The number of hydrogen-bond acceptors (Lipinski definition) is 5. The lowest BCUT2D eigenvalue weighted by atomic mass is 10.3. The summed E-state index contributed by atoms with van der Waals surface area (Å²) < 4.78 is 0. The van der Waals surface area contributed by atoms with Crippen molar-refractivity contribution in [3.8, 4) is 6.07 Å². The van der Waals surface area contributed by atoms with Crippen molar-refractivity contribution in [2.75, 3.05) is 5.32 Å². The van der Waals surface area contributed by atoms with Gasteiger partial charge in [-0.2, -0.15) is 10.2 Å². The average molecular weight is 305 g/mol. The number of benzene rings is 1. The molecule has 1 aromatic carbocycles. The quantitative estimate of drug-likeness (QED) is 0.676. The Kier molecular flexibility index (Phi) is 4.83. The van der Waals surface area contributed by atoms with E-state index in [1.54, 1.807) is 11.8 Å². The largest absolute Gasteiger partial charge is 0.338 e. The van der Waals surface area contributed by atoms with Crippen LogP contribution in [0, 0.1) is 11.3 Å². The standard InChI is InChI=1S/C14H13ClN4S/c1-9(2)20-12-6-4-3-5-11(12)18-13-10(7-16)8-17-14(15)19-13/h3-6,8-9H,1-2H3,(H,17,18,19). The van der Waals surface area contributed by atoms with E-state index in [4.69, 9.17) is 16.9 Å². The summed E-state index contributed by atoms with van der Waals surface area (Å²) in [5.41, 5.74) is 1.26. The molecular formula is C14H13ClN4S. The van der Waals surface area contributed by atoms with E-state index in [1.807, 2.05) is 24.3 Å². The van der Waals surface area contributed by atoms with Gasteiger partial charge in [0.05, 0.1) is 11.9 Å². The summed E-state index contributed by atoms with van der Waals surface area (Å²) in [4.78, 5) is 8.98. The molecule has 2 rings (SSSR count). The number of nitriles is 1. The lowest BCUT2D eigenvalue weighted by molar-refractivity contribution is 1.11. The number of thioether (sulfide) groups is 1. The number of halogens is 1. The first-order valence-electron chi connectivity index (χ1n) is 6.05. The van der Waals surface area contributed by atoms with Gasteiger partial charge in [0.2, 0.25) is 5.28 Å². The van der Waals surface area contributed by atoms with Gasteiger partial charge in [-0.3, -0.25) is 0 Å². The van der Waals surface area contributed by atoms with Crippen LogP contribution in [0.1, 0.15) is 19.4 Å². The van der Waals surface area contributed by atoms with Crippen LogP contribution in [0.5, 0.6) is 0 Å². The lowest BCUT2D eigenvalue weighted by Crippen LogP contribution is -2.00. The van der Waals surface area contributed by atoms with Gasteiger partial charge in [0.1, 0.15) is 11.6 Å². The fourth-order valence-corrected chi connectivity index (χ4v) is 2.64. The van der Waals surface area contributed by atoms with Crippen molar-refractivity contribution in [3.05, 3.63) is 41.3 Å². The molecule has 1 heterocycles.